The maximum atomic E-state index is 9.86. The summed E-state index contributed by atoms with van der Waals surface area (Å²) in [6, 6.07) is 7.80. The molecule has 2 N–H and O–H groups in total. The summed E-state index contributed by atoms with van der Waals surface area (Å²) in [7, 11) is 0. The normalized spacial score (nSPS) is 21.1. The molecule has 3 heteroatoms. The summed E-state index contributed by atoms with van der Waals surface area (Å²) in [5, 5.41) is 13.4. The first-order valence-corrected chi connectivity index (χ1v) is 6.94. The monoisotopic (exact) mass is 249 g/mol. The summed E-state index contributed by atoms with van der Waals surface area (Å²) in [6.07, 6.45) is 4.85. The van der Waals surface area contributed by atoms with Crippen LogP contribution in [0, 0.1) is 0 Å². The summed E-state index contributed by atoms with van der Waals surface area (Å²) in [6.45, 7) is 4.00. The van der Waals surface area contributed by atoms with E-state index in [-0.39, 0.29) is 6.04 Å². The molecule has 1 aromatic carbocycles. The molecular weight excluding hydrogens is 226 g/mol. The van der Waals surface area contributed by atoms with E-state index in [0.717, 1.165) is 31.6 Å². The lowest BCUT2D eigenvalue weighted by Crippen LogP contribution is -2.24. The van der Waals surface area contributed by atoms with Crippen molar-refractivity contribution in [3.63, 3.8) is 0 Å². The van der Waals surface area contributed by atoms with Crippen LogP contribution in [-0.2, 0) is 4.74 Å². The fourth-order valence-electron chi connectivity index (χ4n) is 2.55. The van der Waals surface area contributed by atoms with Crippen LogP contribution in [0.2, 0.25) is 0 Å². The molecule has 0 saturated carbocycles. The Morgan fingerprint density at radius 1 is 1.44 bits per heavy atom. The minimum atomic E-state index is 0.229. The van der Waals surface area contributed by atoms with E-state index in [4.69, 9.17) is 4.74 Å². The Bertz CT molecular complexity index is 361. The third-order valence-electron chi connectivity index (χ3n) is 3.60. The number of nitrogens with one attached hydrogen (secondary N) is 1. The summed E-state index contributed by atoms with van der Waals surface area (Å²) in [5.41, 5.74) is 0.993. The Labute approximate surface area is 109 Å². The molecule has 2 atom stereocenters. The minimum absolute atomic E-state index is 0.229. The van der Waals surface area contributed by atoms with E-state index in [2.05, 4.69) is 12.2 Å². The number of benzene rings is 1. The molecule has 1 fully saturated rings. The zero-order valence-electron chi connectivity index (χ0n) is 11.1. The average molecular weight is 249 g/mol. The molecule has 0 aliphatic carbocycles. The van der Waals surface area contributed by atoms with Crippen LogP contribution in [0.5, 0.6) is 5.75 Å². The second-order valence-electron chi connectivity index (χ2n) is 4.90. The van der Waals surface area contributed by atoms with E-state index in [0.29, 0.717) is 11.9 Å². The van der Waals surface area contributed by atoms with E-state index < -0.39 is 0 Å². The molecule has 0 spiro atoms. The molecule has 2 unspecified atom stereocenters. The molecule has 2 rings (SSSR count). The molecular formula is C15H23NO2. The van der Waals surface area contributed by atoms with Crippen molar-refractivity contribution < 1.29 is 9.84 Å². The van der Waals surface area contributed by atoms with Gasteiger partial charge >= 0.3 is 0 Å². The highest BCUT2D eigenvalue weighted by atomic mass is 16.5. The van der Waals surface area contributed by atoms with Gasteiger partial charge in [-0.05, 0) is 38.3 Å². The van der Waals surface area contributed by atoms with Crippen molar-refractivity contribution in [3.05, 3.63) is 29.8 Å². The van der Waals surface area contributed by atoms with Crippen molar-refractivity contribution in [2.75, 3.05) is 13.2 Å². The Morgan fingerprint density at radius 2 is 2.28 bits per heavy atom. The smallest absolute Gasteiger partial charge is 0.120 e. The lowest BCUT2D eigenvalue weighted by Gasteiger charge is -2.19. The first-order valence-electron chi connectivity index (χ1n) is 6.94. The van der Waals surface area contributed by atoms with Gasteiger partial charge in [-0.25, -0.2) is 0 Å². The maximum absolute atomic E-state index is 9.86. The second kappa shape index (κ2) is 6.76. The van der Waals surface area contributed by atoms with Crippen molar-refractivity contribution in [2.45, 2.75) is 44.8 Å². The Hall–Kier alpha value is -1.06. The number of phenolic OH excluding ortho intramolecular Hbond substituents is 1. The van der Waals surface area contributed by atoms with Crippen LogP contribution >= 0.6 is 0 Å². The van der Waals surface area contributed by atoms with Gasteiger partial charge in [-0.3, -0.25) is 0 Å². The maximum Gasteiger partial charge on any atom is 0.120 e. The molecule has 1 saturated heterocycles. The van der Waals surface area contributed by atoms with Gasteiger partial charge in [0.25, 0.3) is 0 Å². The van der Waals surface area contributed by atoms with E-state index >= 15 is 0 Å². The van der Waals surface area contributed by atoms with Crippen LogP contribution in [0.4, 0.5) is 0 Å². The van der Waals surface area contributed by atoms with E-state index in [1.807, 2.05) is 18.2 Å². The van der Waals surface area contributed by atoms with Gasteiger partial charge < -0.3 is 15.2 Å². The fraction of sp³-hybridized carbons (Fsp3) is 0.600. The fourth-order valence-corrected chi connectivity index (χ4v) is 2.55. The standard InChI is InChI=1S/C15H23NO2/c1-2-14(13-7-3-4-8-15(13)17)16-10-9-12-6-5-11-18-12/h3-4,7-8,12,14,16-17H,2,5-6,9-11H2,1H3. The number of rotatable bonds is 6. The molecule has 1 aliphatic heterocycles. The lowest BCUT2D eigenvalue weighted by atomic mass is 10.0. The van der Waals surface area contributed by atoms with Gasteiger partial charge in [0.05, 0.1) is 6.10 Å². The van der Waals surface area contributed by atoms with Crippen molar-refractivity contribution in [1.82, 2.24) is 5.32 Å². The van der Waals surface area contributed by atoms with Crippen molar-refractivity contribution in [3.8, 4) is 5.75 Å². The molecule has 0 radical (unpaired) electrons. The number of hydrogen-bond acceptors (Lipinski definition) is 3. The van der Waals surface area contributed by atoms with Gasteiger partial charge in [0.2, 0.25) is 0 Å². The molecule has 0 aromatic heterocycles. The molecule has 1 aromatic rings. The average Bonchev–Trinajstić information content (AvgIpc) is 2.89. The second-order valence-corrected chi connectivity index (χ2v) is 4.90. The van der Waals surface area contributed by atoms with E-state index in [9.17, 15) is 5.11 Å². The van der Waals surface area contributed by atoms with Crippen LogP contribution in [0.3, 0.4) is 0 Å². The first kappa shape index (κ1) is 13.4. The molecule has 18 heavy (non-hydrogen) atoms. The van der Waals surface area contributed by atoms with Gasteiger partial charge in [0.1, 0.15) is 5.75 Å². The number of phenols is 1. The quantitative estimate of drug-likeness (QED) is 0.814. The van der Waals surface area contributed by atoms with E-state index in [1.54, 1.807) is 6.07 Å². The summed E-state index contributed by atoms with van der Waals surface area (Å²) >= 11 is 0. The highest BCUT2D eigenvalue weighted by molar-refractivity contribution is 5.34. The number of hydrogen-bond donors (Lipinski definition) is 2. The first-order chi connectivity index (χ1) is 8.81. The van der Waals surface area contributed by atoms with Gasteiger partial charge in [-0.2, -0.15) is 0 Å². The zero-order chi connectivity index (χ0) is 12.8. The van der Waals surface area contributed by atoms with Gasteiger partial charge in [-0.1, -0.05) is 25.1 Å². The molecule has 1 heterocycles. The molecule has 0 bridgehead atoms. The number of aromatic hydroxyl groups is 1. The number of ether oxygens (including phenoxy) is 1. The van der Waals surface area contributed by atoms with Gasteiger partial charge in [0.15, 0.2) is 0 Å². The van der Waals surface area contributed by atoms with Crippen molar-refractivity contribution in [2.24, 2.45) is 0 Å². The third-order valence-corrected chi connectivity index (χ3v) is 3.60. The largest absolute Gasteiger partial charge is 0.508 e. The van der Waals surface area contributed by atoms with Crippen LogP contribution in [0.25, 0.3) is 0 Å². The van der Waals surface area contributed by atoms with Gasteiger partial charge in [0, 0.05) is 18.2 Å². The SMILES string of the molecule is CCC(NCCC1CCCO1)c1ccccc1O. The van der Waals surface area contributed by atoms with Crippen LogP contribution in [0.1, 0.15) is 44.2 Å². The lowest BCUT2D eigenvalue weighted by molar-refractivity contribution is 0.103. The van der Waals surface area contributed by atoms with Crippen molar-refractivity contribution in [1.29, 1.82) is 0 Å². The Morgan fingerprint density at radius 3 is 2.94 bits per heavy atom. The molecule has 1 aliphatic rings. The minimum Gasteiger partial charge on any atom is -0.508 e. The highest BCUT2D eigenvalue weighted by Crippen LogP contribution is 2.26. The summed E-state index contributed by atoms with van der Waals surface area (Å²) in [4.78, 5) is 0. The predicted molar refractivity (Wildman–Crippen MR) is 72.7 cm³/mol. The van der Waals surface area contributed by atoms with Crippen LogP contribution < -0.4 is 5.32 Å². The zero-order valence-corrected chi connectivity index (χ0v) is 11.1. The highest BCUT2D eigenvalue weighted by Gasteiger charge is 2.17. The predicted octanol–water partition coefficient (Wildman–Crippen LogP) is 3.00. The molecule has 0 amide bonds. The third kappa shape index (κ3) is 3.47. The number of para-hydroxylation sites is 1. The van der Waals surface area contributed by atoms with E-state index in [1.165, 1.54) is 12.8 Å². The Balaban J connectivity index is 1.83. The van der Waals surface area contributed by atoms with Crippen molar-refractivity contribution >= 4 is 0 Å². The van der Waals surface area contributed by atoms with Gasteiger partial charge in [-0.15, -0.1) is 0 Å². The Kier molecular flexibility index (Phi) is 5.02. The topological polar surface area (TPSA) is 41.5 Å². The molecule has 3 nitrogen and oxygen atoms in total. The van der Waals surface area contributed by atoms with Crippen LogP contribution in [-0.4, -0.2) is 24.4 Å². The molecule has 100 valence electrons. The summed E-state index contributed by atoms with van der Waals surface area (Å²) < 4.78 is 5.61. The summed E-state index contributed by atoms with van der Waals surface area (Å²) in [5.74, 6) is 0.383. The van der Waals surface area contributed by atoms with Crippen LogP contribution in [0.15, 0.2) is 24.3 Å².